The molecule has 5 rings (SSSR count). The highest BCUT2D eigenvalue weighted by molar-refractivity contribution is 5.90. The molecule has 1 aromatic heterocycles. The van der Waals surface area contributed by atoms with Crippen molar-refractivity contribution >= 4 is 28.4 Å². The number of fused-ring (bicyclic) bond motifs is 1. The Bertz CT molecular complexity index is 1330. The van der Waals surface area contributed by atoms with Crippen molar-refractivity contribution in [3.05, 3.63) is 78.4 Å². The number of piperazine rings is 1. The van der Waals surface area contributed by atoms with E-state index in [0.717, 1.165) is 68.5 Å². The van der Waals surface area contributed by atoms with Gasteiger partial charge >= 0.3 is 5.97 Å². The largest absolute Gasteiger partial charge is 0.494 e. The zero-order valence-electron chi connectivity index (χ0n) is 22.4. The summed E-state index contributed by atoms with van der Waals surface area (Å²) in [6.07, 6.45) is 4.52. The maximum Gasteiger partial charge on any atom is 0.365 e. The minimum atomic E-state index is -0.475. The molecule has 1 saturated heterocycles. The van der Waals surface area contributed by atoms with E-state index in [1.54, 1.807) is 19.2 Å². The molecule has 4 aromatic rings. The van der Waals surface area contributed by atoms with E-state index >= 15 is 0 Å². The maximum atomic E-state index is 12.6. The lowest BCUT2D eigenvalue weighted by molar-refractivity contribution is 0.0409. The highest BCUT2D eigenvalue weighted by atomic mass is 16.7. The molecule has 0 atom stereocenters. The fraction of sp³-hybridized carbons (Fsp3) is 0.367. The fourth-order valence-corrected chi connectivity index (χ4v) is 4.72. The molecule has 9 heteroatoms. The van der Waals surface area contributed by atoms with Crippen molar-refractivity contribution in [1.82, 2.24) is 15.2 Å². The van der Waals surface area contributed by atoms with E-state index in [2.05, 4.69) is 44.4 Å². The first kappa shape index (κ1) is 26.5. The number of aromatic nitrogens is 3. The van der Waals surface area contributed by atoms with Crippen molar-refractivity contribution in [3.63, 3.8) is 0 Å². The molecule has 3 aromatic carbocycles. The van der Waals surface area contributed by atoms with Gasteiger partial charge in [-0.3, -0.25) is 0 Å². The van der Waals surface area contributed by atoms with Gasteiger partial charge in [-0.05, 0) is 85.1 Å². The molecule has 0 unspecified atom stereocenters. The minimum Gasteiger partial charge on any atom is -0.494 e. The van der Waals surface area contributed by atoms with Crippen molar-refractivity contribution in [1.29, 1.82) is 0 Å². The van der Waals surface area contributed by atoms with Gasteiger partial charge in [0.15, 0.2) is 0 Å². The van der Waals surface area contributed by atoms with Crippen molar-refractivity contribution in [2.45, 2.75) is 25.7 Å². The van der Waals surface area contributed by atoms with Crippen molar-refractivity contribution in [2.75, 3.05) is 56.3 Å². The molecule has 0 N–H and O–H groups in total. The Balaban J connectivity index is 1.07. The van der Waals surface area contributed by atoms with E-state index < -0.39 is 5.97 Å². The van der Waals surface area contributed by atoms with Crippen LogP contribution in [-0.2, 0) is 4.74 Å². The number of anilines is 2. The summed E-state index contributed by atoms with van der Waals surface area (Å²) in [4.78, 5) is 24.0. The Morgan fingerprint density at radius 3 is 2.05 bits per heavy atom. The number of carbonyl (C=O) groups excluding carboxylic acids is 1. The second-order valence-corrected chi connectivity index (χ2v) is 9.60. The van der Waals surface area contributed by atoms with Crippen LogP contribution in [0.2, 0.25) is 0 Å². The standard InChI is InChI=1S/C30H35N5O4/c1-37-22-6-2-3-7-23-38-27-16-14-26(15-17-27)34-20-18-33(19-21-34)25-12-10-24(11-13-25)30(36)39-35-29-9-5-4-8-28(29)31-32-35/h4-5,8-17H,2-3,6-7,18-23H2,1H3. The van der Waals surface area contributed by atoms with Gasteiger partial charge in [-0.2, -0.15) is 0 Å². The fourth-order valence-electron chi connectivity index (χ4n) is 4.72. The van der Waals surface area contributed by atoms with Gasteiger partial charge in [-0.1, -0.05) is 23.4 Å². The van der Waals surface area contributed by atoms with Crippen molar-refractivity contribution < 1.29 is 19.1 Å². The molecule has 9 nitrogen and oxygen atoms in total. The van der Waals surface area contributed by atoms with Crippen LogP contribution in [0, 0.1) is 0 Å². The number of hydrogen-bond acceptors (Lipinski definition) is 8. The molecule has 39 heavy (non-hydrogen) atoms. The van der Waals surface area contributed by atoms with Crippen molar-refractivity contribution in [3.8, 4) is 5.75 Å². The average molecular weight is 530 g/mol. The SMILES string of the molecule is COCCCCCCOc1ccc(N2CCN(c3ccc(C(=O)On4nnc5ccccc54)cc3)CC2)cc1. The van der Waals surface area contributed by atoms with E-state index in [1.165, 1.54) is 18.5 Å². The summed E-state index contributed by atoms with van der Waals surface area (Å²) in [7, 11) is 1.75. The van der Waals surface area contributed by atoms with Crippen LogP contribution in [0.3, 0.4) is 0 Å². The summed E-state index contributed by atoms with van der Waals surface area (Å²) in [6, 6.07) is 23.3. The van der Waals surface area contributed by atoms with Crippen LogP contribution in [0.1, 0.15) is 36.0 Å². The Morgan fingerprint density at radius 2 is 1.38 bits per heavy atom. The summed E-state index contributed by atoms with van der Waals surface area (Å²) in [5.74, 6) is 0.446. The van der Waals surface area contributed by atoms with E-state index in [9.17, 15) is 4.79 Å². The number of benzene rings is 3. The summed E-state index contributed by atoms with van der Waals surface area (Å²) >= 11 is 0. The van der Waals surface area contributed by atoms with Gasteiger partial charge in [0, 0.05) is 51.3 Å². The smallest absolute Gasteiger partial charge is 0.365 e. The number of ether oxygens (including phenoxy) is 2. The molecule has 0 saturated carbocycles. The second kappa shape index (κ2) is 13.1. The first-order chi connectivity index (χ1) is 19.2. The van der Waals surface area contributed by atoms with Crippen LogP contribution < -0.4 is 19.4 Å². The third-order valence-electron chi connectivity index (χ3n) is 6.95. The Kier molecular flexibility index (Phi) is 8.90. The number of hydrogen-bond donors (Lipinski definition) is 0. The average Bonchev–Trinajstić information content (AvgIpc) is 3.40. The van der Waals surface area contributed by atoms with E-state index in [1.807, 2.05) is 36.4 Å². The molecule has 2 heterocycles. The lowest BCUT2D eigenvalue weighted by Gasteiger charge is -2.37. The van der Waals surface area contributed by atoms with E-state index in [4.69, 9.17) is 14.3 Å². The number of rotatable bonds is 12. The summed E-state index contributed by atoms with van der Waals surface area (Å²) in [5.41, 5.74) is 4.07. The predicted octanol–water partition coefficient (Wildman–Crippen LogP) is 4.61. The highest BCUT2D eigenvalue weighted by Crippen LogP contribution is 2.23. The Morgan fingerprint density at radius 1 is 0.769 bits per heavy atom. The molecule has 0 spiro atoms. The zero-order chi connectivity index (χ0) is 26.9. The summed E-state index contributed by atoms with van der Waals surface area (Å²) in [5, 5.41) is 7.93. The van der Waals surface area contributed by atoms with E-state index in [0.29, 0.717) is 16.6 Å². The van der Waals surface area contributed by atoms with Crippen LogP contribution in [0.25, 0.3) is 11.0 Å². The molecule has 1 aliphatic rings. The molecular formula is C30H35N5O4. The predicted molar refractivity (Wildman–Crippen MR) is 152 cm³/mol. The van der Waals surface area contributed by atoms with Gasteiger partial charge in [0.05, 0.1) is 12.2 Å². The number of unbranched alkanes of at least 4 members (excludes halogenated alkanes) is 3. The number of nitrogens with zero attached hydrogens (tertiary/aromatic N) is 5. The van der Waals surface area contributed by atoms with Crippen LogP contribution in [0.4, 0.5) is 11.4 Å². The third kappa shape index (κ3) is 6.86. The maximum absolute atomic E-state index is 12.6. The number of methoxy groups -OCH3 is 1. The zero-order valence-corrected chi connectivity index (χ0v) is 22.4. The van der Waals surface area contributed by atoms with Gasteiger partial charge in [0.1, 0.15) is 16.8 Å². The van der Waals surface area contributed by atoms with Gasteiger partial charge in [0.2, 0.25) is 0 Å². The third-order valence-corrected chi connectivity index (χ3v) is 6.95. The minimum absolute atomic E-state index is 0.463. The molecule has 204 valence electrons. The molecular weight excluding hydrogens is 494 g/mol. The van der Waals surface area contributed by atoms with Gasteiger partial charge in [-0.25, -0.2) is 4.79 Å². The summed E-state index contributed by atoms with van der Waals surface area (Å²) < 4.78 is 11.0. The number of carbonyl (C=O) groups is 1. The molecule has 0 bridgehead atoms. The molecule has 0 radical (unpaired) electrons. The lowest BCUT2D eigenvalue weighted by atomic mass is 10.1. The molecule has 1 fully saturated rings. The van der Waals surface area contributed by atoms with Gasteiger partial charge < -0.3 is 24.1 Å². The van der Waals surface area contributed by atoms with Gasteiger partial charge in [-0.15, -0.1) is 5.10 Å². The Hall–Kier alpha value is -4.11. The van der Waals surface area contributed by atoms with Crippen molar-refractivity contribution in [2.24, 2.45) is 0 Å². The number of para-hydroxylation sites is 1. The molecule has 0 aliphatic carbocycles. The van der Waals surface area contributed by atoms with Gasteiger partial charge in [0.25, 0.3) is 0 Å². The molecule has 0 amide bonds. The van der Waals surface area contributed by atoms with Crippen LogP contribution in [-0.4, -0.2) is 67.6 Å². The van der Waals surface area contributed by atoms with E-state index in [-0.39, 0.29) is 0 Å². The van der Waals surface area contributed by atoms with Crippen LogP contribution in [0.5, 0.6) is 5.75 Å². The van der Waals surface area contributed by atoms with Crippen LogP contribution >= 0.6 is 0 Å². The lowest BCUT2D eigenvalue weighted by Crippen LogP contribution is -2.46. The highest BCUT2D eigenvalue weighted by Gasteiger charge is 2.19. The Labute approximate surface area is 228 Å². The topological polar surface area (TPSA) is 82.0 Å². The molecule has 1 aliphatic heterocycles. The first-order valence-electron chi connectivity index (χ1n) is 13.6. The van der Waals surface area contributed by atoms with Crippen LogP contribution in [0.15, 0.2) is 72.8 Å². The normalized spacial score (nSPS) is 13.6. The summed E-state index contributed by atoms with van der Waals surface area (Å²) in [6.45, 7) is 5.23. The quantitative estimate of drug-likeness (QED) is 0.194. The second-order valence-electron chi connectivity index (χ2n) is 9.60. The monoisotopic (exact) mass is 529 g/mol. The first-order valence-corrected chi connectivity index (χ1v) is 13.6.